The summed E-state index contributed by atoms with van der Waals surface area (Å²) in [5.74, 6) is 0. The second-order valence-corrected chi connectivity index (χ2v) is 3.06. The van der Waals surface area contributed by atoms with Crippen LogP contribution in [0.4, 0.5) is 0 Å². The molecule has 1 rings (SSSR count). The molecular formula is C12H14. The largest absolute Gasteiger partial charge is 0.0985 e. The van der Waals surface area contributed by atoms with Crippen LogP contribution in [-0.2, 0) is 0 Å². The minimum atomic E-state index is 1.11. The van der Waals surface area contributed by atoms with Crippen molar-refractivity contribution in [2.24, 2.45) is 0 Å². The summed E-state index contributed by atoms with van der Waals surface area (Å²) in [6.45, 7) is 11.7. The average Bonchev–Trinajstić information content (AvgIpc) is 2.04. The molecule has 0 aliphatic carbocycles. The predicted octanol–water partition coefficient (Wildman–Crippen LogP) is 3.67. The van der Waals surface area contributed by atoms with Crippen LogP contribution in [0.25, 0.3) is 11.6 Å². The predicted molar refractivity (Wildman–Crippen MR) is 56.0 cm³/mol. The molecule has 0 bridgehead atoms. The standard InChI is InChI=1S/C12H14/c1-5-11-6-7-12(9(2)3)8-10(11)4/h5-8H,1-2H2,3-4H3. The molecular weight excluding hydrogens is 144 g/mol. The van der Waals surface area contributed by atoms with Crippen LogP contribution >= 0.6 is 0 Å². The molecule has 0 aliphatic rings. The second kappa shape index (κ2) is 3.40. The Morgan fingerprint density at radius 1 is 1.42 bits per heavy atom. The van der Waals surface area contributed by atoms with Gasteiger partial charge in [0.25, 0.3) is 0 Å². The van der Waals surface area contributed by atoms with Gasteiger partial charge in [-0.25, -0.2) is 0 Å². The smallest absolute Gasteiger partial charge is 0.0230 e. The summed E-state index contributed by atoms with van der Waals surface area (Å²) in [5.41, 5.74) is 4.76. The Hall–Kier alpha value is -1.30. The van der Waals surface area contributed by atoms with Gasteiger partial charge in [0.15, 0.2) is 0 Å². The maximum Gasteiger partial charge on any atom is -0.0230 e. The Labute approximate surface area is 74.2 Å². The van der Waals surface area contributed by atoms with E-state index in [2.05, 4.69) is 38.3 Å². The van der Waals surface area contributed by atoms with Gasteiger partial charge in [-0.2, -0.15) is 0 Å². The normalized spacial score (nSPS) is 9.50. The Morgan fingerprint density at radius 3 is 2.50 bits per heavy atom. The molecule has 0 heteroatoms. The minimum absolute atomic E-state index is 1.11. The monoisotopic (exact) mass is 158 g/mol. The molecule has 0 aromatic heterocycles. The van der Waals surface area contributed by atoms with Crippen molar-refractivity contribution in [3.63, 3.8) is 0 Å². The van der Waals surface area contributed by atoms with E-state index in [1.807, 2.05) is 13.0 Å². The van der Waals surface area contributed by atoms with Crippen LogP contribution in [-0.4, -0.2) is 0 Å². The summed E-state index contributed by atoms with van der Waals surface area (Å²) in [7, 11) is 0. The van der Waals surface area contributed by atoms with Crippen LogP contribution in [0.15, 0.2) is 31.4 Å². The van der Waals surface area contributed by atoms with Gasteiger partial charge in [0, 0.05) is 0 Å². The van der Waals surface area contributed by atoms with Gasteiger partial charge in [-0.3, -0.25) is 0 Å². The van der Waals surface area contributed by atoms with Crippen molar-refractivity contribution in [2.45, 2.75) is 13.8 Å². The van der Waals surface area contributed by atoms with E-state index in [-0.39, 0.29) is 0 Å². The Kier molecular flexibility index (Phi) is 2.49. The summed E-state index contributed by atoms with van der Waals surface area (Å²) in [6, 6.07) is 6.29. The zero-order chi connectivity index (χ0) is 9.14. The summed E-state index contributed by atoms with van der Waals surface area (Å²) < 4.78 is 0. The first-order valence-corrected chi connectivity index (χ1v) is 4.04. The molecule has 0 spiro atoms. The van der Waals surface area contributed by atoms with Crippen LogP contribution in [0.2, 0.25) is 0 Å². The van der Waals surface area contributed by atoms with Crippen LogP contribution in [0.5, 0.6) is 0 Å². The number of hydrogen-bond acceptors (Lipinski definition) is 0. The van der Waals surface area contributed by atoms with Crippen molar-refractivity contribution in [3.05, 3.63) is 48.0 Å². The fraction of sp³-hybridized carbons (Fsp3) is 0.167. The summed E-state index contributed by atoms with van der Waals surface area (Å²) in [5, 5.41) is 0. The molecule has 0 heterocycles. The highest BCUT2D eigenvalue weighted by Gasteiger charge is 1.96. The first kappa shape index (κ1) is 8.79. The lowest BCUT2D eigenvalue weighted by molar-refractivity contribution is 1.42. The van der Waals surface area contributed by atoms with E-state index in [1.165, 1.54) is 16.7 Å². The van der Waals surface area contributed by atoms with Crippen molar-refractivity contribution < 1.29 is 0 Å². The Balaban J connectivity index is 3.18. The minimum Gasteiger partial charge on any atom is -0.0985 e. The lowest BCUT2D eigenvalue weighted by Crippen LogP contribution is -1.83. The molecule has 0 nitrogen and oxygen atoms in total. The van der Waals surface area contributed by atoms with Gasteiger partial charge in [0.1, 0.15) is 0 Å². The van der Waals surface area contributed by atoms with Crippen molar-refractivity contribution in [1.82, 2.24) is 0 Å². The van der Waals surface area contributed by atoms with E-state index in [4.69, 9.17) is 0 Å². The molecule has 0 N–H and O–H groups in total. The second-order valence-electron chi connectivity index (χ2n) is 3.06. The van der Waals surface area contributed by atoms with E-state index < -0.39 is 0 Å². The molecule has 0 saturated carbocycles. The van der Waals surface area contributed by atoms with Gasteiger partial charge in [0.05, 0.1) is 0 Å². The molecule has 0 amide bonds. The van der Waals surface area contributed by atoms with Gasteiger partial charge in [-0.15, -0.1) is 0 Å². The van der Waals surface area contributed by atoms with Gasteiger partial charge < -0.3 is 0 Å². The zero-order valence-electron chi connectivity index (χ0n) is 7.72. The van der Waals surface area contributed by atoms with E-state index >= 15 is 0 Å². The molecule has 1 aromatic carbocycles. The maximum atomic E-state index is 3.90. The van der Waals surface area contributed by atoms with Crippen molar-refractivity contribution in [2.75, 3.05) is 0 Å². The van der Waals surface area contributed by atoms with Crippen molar-refractivity contribution in [1.29, 1.82) is 0 Å². The fourth-order valence-electron chi connectivity index (χ4n) is 1.17. The highest BCUT2D eigenvalue weighted by Crippen LogP contribution is 2.17. The van der Waals surface area contributed by atoms with Crippen molar-refractivity contribution in [3.8, 4) is 0 Å². The third-order valence-corrected chi connectivity index (χ3v) is 1.98. The van der Waals surface area contributed by atoms with Gasteiger partial charge >= 0.3 is 0 Å². The zero-order valence-corrected chi connectivity index (χ0v) is 7.72. The number of aryl methyl sites for hydroxylation is 1. The number of hydrogen-bond donors (Lipinski definition) is 0. The van der Waals surface area contributed by atoms with Gasteiger partial charge in [-0.05, 0) is 30.5 Å². The van der Waals surface area contributed by atoms with E-state index in [0.29, 0.717) is 0 Å². The molecule has 1 aromatic rings. The SMILES string of the molecule is C=Cc1ccc(C(=C)C)cc1C. The summed E-state index contributed by atoms with van der Waals surface area (Å²) in [4.78, 5) is 0. The quantitative estimate of drug-likeness (QED) is 0.616. The topological polar surface area (TPSA) is 0 Å². The lowest BCUT2D eigenvalue weighted by Gasteiger charge is -2.04. The summed E-state index contributed by atoms with van der Waals surface area (Å²) >= 11 is 0. The molecule has 0 aliphatic heterocycles. The van der Waals surface area contributed by atoms with Gasteiger partial charge in [0.2, 0.25) is 0 Å². The van der Waals surface area contributed by atoms with Crippen LogP contribution < -0.4 is 0 Å². The molecule has 0 atom stereocenters. The first-order valence-electron chi connectivity index (χ1n) is 4.04. The molecule has 12 heavy (non-hydrogen) atoms. The Bertz CT molecular complexity index is 319. The summed E-state index contributed by atoms with van der Waals surface area (Å²) in [6.07, 6.45) is 1.87. The molecule has 0 fully saturated rings. The van der Waals surface area contributed by atoms with Crippen LogP contribution in [0.3, 0.4) is 0 Å². The van der Waals surface area contributed by atoms with Crippen molar-refractivity contribution >= 4 is 11.6 Å². The molecule has 0 unspecified atom stereocenters. The number of benzene rings is 1. The maximum absolute atomic E-state index is 3.90. The van der Waals surface area contributed by atoms with Gasteiger partial charge in [-0.1, -0.05) is 43.0 Å². The molecule has 0 saturated heterocycles. The highest BCUT2D eigenvalue weighted by atomic mass is 14.0. The van der Waals surface area contributed by atoms with Crippen LogP contribution in [0.1, 0.15) is 23.6 Å². The van der Waals surface area contributed by atoms with E-state index in [0.717, 1.165) is 5.57 Å². The third-order valence-electron chi connectivity index (χ3n) is 1.98. The van der Waals surface area contributed by atoms with E-state index in [9.17, 15) is 0 Å². The number of allylic oxidation sites excluding steroid dienone is 1. The lowest BCUT2D eigenvalue weighted by atomic mass is 10.0. The highest BCUT2D eigenvalue weighted by molar-refractivity contribution is 5.65. The Morgan fingerprint density at radius 2 is 2.08 bits per heavy atom. The third kappa shape index (κ3) is 1.65. The first-order chi connectivity index (χ1) is 5.65. The fourth-order valence-corrected chi connectivity index (χ4v) is 1.17. The molecule has 62 valence electrons. The average molecular weight is 158 g/mol. The van der Waals surface area contributed by atoms with Crippen LogP contribution in [0, 0.1) is 6.92 Å². The van der Waals surface area contributed by atoms with E-state index in [1.54, 1.807) is 0 Å². The molecule has 0 radical (unpaired) electrons. The number of rotatable bonds is 2.